The molecule has 2 N–H and O–H groups in total. The Balaban J connectivity index is 1.32. The van der Waals surface area contributed by atoms with Gasteiger partial charge in [-0.2, -0.15) is 4.57 Å². The molecule has 2 heterocycles. The molecule has 0 radical (unpaired) electrons. The van der Waals surface area contributed by atoms with Crippen LogP contribution in [0, 0.1) is 0 Å². The third kappa shape index (κ3) is 10.6. The fourth-order valence-corrected chi connectivity index (χ4v) is 10.3. The lowest BCUT2D eigenvalue weighted by Crippen LogP contribution is -2.35. The number of para-hydroxylation sites is 2. The van der Waals surface area contributed by atoms with E-state index in [4.69, 9.17) is 38.5 Å². The monoisotopic (exact) mass is 924 g/mol. The van der Waals surface area contributed by atoms with Crippen LogP contribution in [0.3, 0.4) is 0 Å². The normalized spacial score (nSPS) is 15.3. The number of nitrogens with zero attached hydrogens (tertiary/aromatic N) is 3. The Labute approximate surface area is 374 Å². The summed E-state index contributed by atoms with van der Waals surface area (Å²) in [5.41, 5.74) is 7.86. The molecular weight excluding hydrogens is 886 g/mol. The van der Waals surface area contributed by atoms with E-state index < -0.39 is 5.97 Å². The highest BCUT2D eigenvalue weighted by Crippen LogP contribution is 2.49. The van der Waals surface area contributed by atoms with Crippen LogP contribution in [-0.4, -0.2) is 41.6 Å². The zero-order valence-corrected chi connectivity index (χ0v) is 37.0. The minimum Gasteiger partial charge on any atom is -0.465 e. The zero-order valence-electron chi connectivity index (χ0n) is 32.2. The predicted molar refractivity (Wildman–Crippen MR) is 243 cm³/mol. The maximum Gasteiger partial charge on any atom is 0.338 e. The summed E-state index contributed by atoms with van der Waals surface area (Å²) in [4.78, 5) is 18.1. The predicted octanol–water partition coefficient (Wildman–Crippen LogP) is 12.5. The highest BCUT2D eigenvalue weighted by molar-refractivity contribution is 8.03. The van der Waals surface area contributed by atoms with Gasteiger partial charge in [-0.05, 0) is 91.1 Å². The van der Waals surface area contributed by atoms with Gasteiger partial charge in [-0.3, -0.25) is 0 Å². The van der Waals surface area contributed by atoms with Crippen LogP contribution in [0.4, 0.5) is 17.1 Å². The largest absolute Gasteiger partial charge is 0.465 e. The van der Waals surface area contributed by atoms with Crippen molar-refractivity contribution in [1.82, 2.24) is 0 Å². The van der Waals surface area contributed by atoms with Crippen molar-refractivity contribution in [3.05, 3.63) is 152 Å². The van der Waals surface area contributed by atoms with E-state index in [9.17, 15) is 4.79 Å². The summed E-state index contributed by atoms with van der Waals surface area (Å²) in [6.07, 6.45) is 11.8. The number of anilines is 3. The average Bonchev–Trinajstić information content (AvgIpc) is 3.94. The molecule has 0 spiro atoms. The Hall–Kier alpha value is -3.81. The third-order valence-electron chi connectivity index (χ3n) is 9.68. The molecule has 0 atom stereocenters. The van der Waals surface area contributed by atoms with Gasteiger partial charge < -0.3 is 14.5 Å². The van der Waals surface area contributed by atoms with Gasteiger partial charge in [0.25, 0.3) is 5.01 Å². The van der Waals surface area contributed by atoms with Crippen LogP contribution in [0.5, 0.6) is 0 Å². The highest BCUT2D eigenvalue weighted by atomic mass is 35.5. The minimum atomic E-state index is -0.398. The Morgan fingerprint density at radius 3 is 2.23 bits per heavy atom. The van der Waals surface area contributed by atoms with Gasteiger partial charge in [0.2, 0.25) is 5.52 Å². The first-order valence-corrected chi connectivity index (χ1v) is 23.0. The summed E-state index contributed by atoms with van der Waals surface area (Å²) in [5, 5.41) is 27.8. The van der Waals surface area contributed by atoms with E-state index in [2.05, 4.69) is 106 Å². The molecule has 0 bridgehead atoms. The topological polar surface area (TPSA) is 114 Å². The molecule has 11 nitrogen and oxygen atoms in total. The van der Waals surface area contributed by atoms with Crippen LogP contribution in [-0.2, 0) is 30.0 Å². The van der Waals surface area contributed by atoms with E-state index in [1.54, 1.807) is 29.2 Å². The number of thiazole rings is 1. The summed E-state index contributed by atoms with van der Waals surface area (Å²) in [7, 11) is 1.38. The smallest absolute Gasteiger partial charge is 0.338 e. The van der Waals surface area contributed by atoms with Gasteiger partial charge in [0.1, 0.15) is 4.70 Å². The molecule has 0 unspecified atom stereocenters. The second-order valence-electron chi connectivity index (χ2n) is 13.3. The number of methoxy groups -OCH3 is 1. The first-order valence-electron chi connectivity index (χ1n) is 18.8. The summed E-state index contributed by atoms with van der Waals surface area (Å²) in [5.74, 6) is 0.765. The number of carbonyl (C=O) groups is 1. The molecule has 312 valence electrons. The van der Waals surface area contributed by atoms with Crippen molar-refractivity contribution in [1.29, 1.82) is 0 Å². The Morgan fingerprint density at radius 2 is 1.55 bits per heavy atom. The first kappa shape index (κ1) is 44.3. The summed E-state index contributed by atoms with van der Waals surface area (Å²) in [6, 6.07) is 30.2. The van der Waals surface area contributed by atoms with Crippen LogP contribution in [0.2, 0.25) is 10.0 Å². The van der Waals surface area contributed by atoms with E-state index in [0.717, 1.165) is 96.8 Å². The number of hydrogen-bond donors (Lipinski definition) is 2. The number of hydrogen-bond acceptors (Lipinski definition) is 14. The lowest BCUT2D eigenvalue weighted by molar-refractivity contribution is -0.668. The average molecular weight is 926 g/mol. The molecular formula is C43H40Cl2N3O8S4+. The van der Waals surface area contributed by atoms with E-state index in [-0.39, 0.29) is 0 Å². The number of thioether (sulfide) groups is 1. The van der Waals surface area contributed by atoms with E-state index in [0.29, 0.717) is 46.6 Å². The number of esters is 1. The number of allylic oxidation sites excluding steroid dienone is 5. The quantitative estimate of drug-likeness (QED) is 0.0205. The summed E-state index contributed by atoms with van der Waals surface area (Å²) >= 11 is 18.3. The van der Waals surface area contributed by atoms with Crippen LogP contribution < -0.4 is 14.4 Å². The second-order valence-corrected chi connectivity index (χ2v) is 17.8. The molecule has 0 fully saturated rings. The zero-order chi connectivity index (χ0) is 41.8. The minimum absolute atomic E-state index is 0.398. The van der Waals surface area contributed by atoms with Crippen molar-refractivity contribution >= 4 is 110 Å². The number of carbonyl (C=O) groups excluding carboxylic acids is 1. The number of ether oxygens (including phenoxy) is 1. The maximum atomic E-state index is 12.5. The fraction of sp³-hybridized carbons (Fsp3) is 0.209. The summed E-state index contributed by atoms with van der Waals surface area (Å²) in [6.45, 7) is 1.30. The molecule has 7 rings (SSSR count). The summed E-state index contributed by atoms with van der Waals surface area (Å²) < 4.78 is 17.5. The number of aromatic nitrogens is 1. The standard InChI is InChI=1S/C43H39Cl2N3O8S4/c1-52-43(49)31-16-19-38-36(26-31)46(22-8-24-57-55-53-50)40(59-38)20-17-29-14-15-30(42(29)48(32-10-4-2-5-11-32)33-12-6-3-7-13-33)18-21-41-47(23-9-25-58-56-54-51)37-27-34(44)35(45)28-39(37)60-41/h2-7,10-13,16-21,26-28H,8-9,14-15,22-25H2,1H3,(H-,50,51)/p+1. The van der Waals surface area contributed by atoms with Crippen molar-refractivity contribution in [2.24, 2.45) is 0 Å². The lowest BCUT2D eigenvalue weighted by Gasteiger charge is -2.28. The Bertz CT molecular complexity index is 2370. The van der Waals surface area contributed by atoms with Gasteiger partial charge in [0.15, 0.2) is 6.54 Å². The molecule has 2 aliphatic rings. The van der Waals surface area contributed by atoms with Crippen LogP contribution in [0.1, 0.15) is 41.0 Å². The second kappa shape index (κ2) is 21.8. The fourth-order valence-electron chi connectivity index (χ4n) is 7.06. The number of benzene rings is 4. The van der Waals surface area contributed by atoms with Crippen molar-refractivity contribution in [2.75, 3.05) is 35.0 Å². The molecule has 4 aromatic carbocycles. The number of halogens is 2. The van der Waals surface area contributed by atoms with E-state index >= 15 is 0 Å². The van der Waals surface area contributed by atoms with Crippen LogP contribution in [0.25, 0.3) is 16.3 Å². The van der Waals surface area contributed by atoms with Crippen molar-refractivity contribution in [3.63, 3.8) is 0 Å². The molecule has 1 aliphatic heterocycles. The van der Waals surface area contributed by atoms with Gasteiger partial charge >= 0.3 is 5.97 Å². The van der Waals surface area contributed by atoms with E-state index in [1.807, 2.05) is 36.4 Å². The van der Waals surface area contributed by atoms with E-state index in [1.165, 1.54) is 12.7 Å². The van der Waals surface area contributed by atoms with Crippen molar-refractivity contribution in [2.45, 2.75) is 37.1 Å². The van der Waals surface area contributed by atoms with Crippen LogP contribution in [0.15, 0.2) is 136 Å². The molecule has 0 saturated heterocycles. The lowest BCUT2D eigenvalue weighted by atomic mass is 10.1. The van der Waals surface area contributed by atoms with Gasteiger partial charge in [0, 0.05) is 77.0 Å². The van der Waals surface area contributed by atoms with Crippen molar-refractivity contribution in [3.8, 4) is 0 Å². The number of rotatable bonds is 19. The molecule has 0 amide bonds. The molecule has 60 heavy (non-hydrogen) atoms. The Kier molecular flexibility index (Phi) is 16.1. The number of fused-ring (bicyclic) bond motifs is 2. The van der Waals surface area contributed by atoms with Crippen molar-refractivity contribution < 1.29 is 43.4 Å². The van der Waals surface area contributed by atoms with Gasteiger partial charge in [0.05, 0.1) is 39.1 Å². The molecule has 0 saturated carbocycles. The molecule has 1 aliphatic carbocycles. The third-order valence-corrected chi connectivity index (χ3v) is 13.9. The maximum absolute atomic E-state index is 12.5. The van der Waals surface area contributed by atoms with Crippen LogP contribution >= 0.6 is 70.4 Å². The van der Waals surface area contributed by atoms with Gasteiger partial charge in [-0.1, -0.05) is 98.9 Å². The molecule has 1 aromatic heterocycles. The van der Waals surface area contributed by atoms with Gasteiger partial charge in [-0.25, -0.2) is 15.3 Å². The first-order chi connectivity index (χ1) is 29.4. The van der Waals surface area contributed by atoms with Gasteiger partial charge in [-0.15, -0.1) is 8.67 Å². The highest BCUT2D eigenvalue weighted by Gasteiger charge is 2.29. The number of aryl methyl sites for hydroxylation is 1. The Morgan fingerprint density at radius 1 is 0.867 bits per heavy atom. The molecule has 17 heteroatoms. The molecule has 5 aromatic rings. The SMILES string of the molecule is COC(=O)c1ccc2sc(/C=C/C3=C(N(c4ccccc4)c4ccccc4)C(=C/C=C4\Sc5cc(Cl)c(Cl)cc5N4CCCSOOO)/CC3)[n+](CCCSOOO)c2c1.